The van der Waals surface area contributed by atoms with Gasteiger partial charge in [0.05, 0.1) is 22.8 Å². The average Bonchev–Trinajstić information content (AvgIpc) is 3.18. The number of halogens is 1. The molecule has 0 bridgehead atoms. The van der Waals surface area contributed by atoms with Gasteiger partial charge in [0.15, 0.2) is 11.3 Å². The number of sulfonamides is 1. The highest BCUT2D eigenvalue weighted by Crippen LogP contribution is 2.31. The van der Waals surface area contributed by atoms with Gasteiger partial charge in [0.25, 0.3) is 5.56 Å². The van der Waals surface area contributed by atoms with Crippen molar-refractivity contribution in [3.8, 4) is 17.1 Å². The van der Waals surface area contributed by atoms with Gasteiger partial charge in [-0.05, 0) is 45.0 Å². The van der Waals surface area contributed by atoms with Crippen molar-refractivity contribution in [2.75, 3.05) is 39.8 Å². The number of fused-ring (bicyclic) bond motifs is 1. The molecule has 0 radical (unpaired) electrons. The fraction of sp³-hybridized carbons (Fsp3) is 0.522. The van der Waals surface area contributed by atoms with E-state index in [1.165, 1.54) is 4.31 Å². The second kappa shape index (κ2) is 11.1. The topological polar surface area (TPSA) is 113 Å². The predicted molar refractivity (Wildman–Crippen MR) is 137 cm³/mol. The molecule has 1 fully saturated rings. The first kappa shape index (κ1) is 27.1. The van der Waals surface area contributed by atoms with E-state index in [0.717, 1.165) is 6.42 Å². The van der Waals surface area contributed by atoms with Gasteiger partial charge in [-0.2, -0.15) is 4.31 Å². The van der Waals surface area contributed by atoms with E-state index in [4.69, 9.17) is 4.74 Å². The maximum absolute atomic E-state index is 13.4. The van der Waals surface area contributed by atoms with Gasteiger partial charge in [-0.3, -0.25) is 4.79 Å². The molecule has 0 atom stereocenters. The number of hydrogen-bond acceptors (Lipinski definition) is 7. The lowest BCUT2D eigenvalue weighted by atomic mass is 10.2. The van der Waals surface area contributed by atoms with Crippen LogP contribution in [0.25, 0.3) is 16.9 Å². The van der Waals surface area contributed by atoms with Crippen LogP contribution in [-0.2, 0) is 22.9 Å². The predicted octanol–water partition coefficient (Wildman–Crippen LogP) is 2.36. The Morgan fingerprint density at radius 1 is 1.11 bits per heavy atom. The Morgan fingerprint density at radius 2 is 1.83 bits per heavy atom. The summed E-state index contributed by atoms with van der Waals surface area (Å²) in [5.74, 6) is 1.41. The molecule has 2 aromatic heterocycles. The monoisotopic (exact) mass is 524 g/mol. The molecule has 192 valence electrons. The minimum atomic E-state index is -3.70. The van der Waals surface area contributed by atoms with Gasteiger partial charge in [0.1, 0.15) is 11.6 Å². The molecule has 3 aromatic rings. The molecule has 10 nitrogen and oxygen atoms in total. The van der Waals surface area contributed by atoms with Gasteiger partial charge in [0, 0.05) is 32.6 Å². The van der Waals surface area contributed by atoms with Crippen LogP contribution < -0.4 is 10.3 Å². The van der Waals surface area contributed by atoms with Gasteiger partial charge < -0.3 is 14.6 Å². The fourth-order valence-corrected chi connectivity index (χ4v) is 5.65. The van der Waals surface area contributed by atoms with Crippen LogP contribution in [0.5, 0.6) is 5.75 Å². The molecule has 0 saturated carbocycles. The highest BCUT2D eigenvalue weighted by atomic mass is 35.5. The van der Waals surface area contributed by atoms with Crippen molar-refractivity contribution in [2.24, 2.45) is 0 Å². The Morgan fingerprint density at radius 3 is 2.46 bits per heavy atom. The number of nitrogens with one attached hydrogen (secondary N) is 1. The minimum absolute atomic E-state index is 0. The molecule has 1 aliphatic rings. The number of hydrogen-bond donors (Lipinski definition) is 1. The first-order valence-electron chi connectivity index (χ1n) is 11.8. The Hall–Kier alpha value is -2.47. The maximum Gasteiger partial charge on any atom is 0.277 e. The Bertz CT molecular complexity index is 1350. The summed E-state index contributed by atoms with van der Waals surface area (Å²) < 4.78 is 35.6. The zero-order chi connectivity index (χ0) is 24.5. The highest BCUT2D eigenvalue weighted by molar-refractivity contribution is 7.89. The Kier molecular flexibility index (Phi) is 8.58. The van der Waals surface area contributed by atoms with Crippen LogP contribution >= 0.6 is 12.4 Å². The molecule has 0 unspecified atom stereocenters. The van der Waals surface area contributed by atoms with Crippen LogP contribution in [0.4, 0.5) is 0 Å². The first-order valence-corrected chi connectivity index (χ1v) is 13.2. The van der Waals surface area contributed by atoms with E-state index < -0.39 is 10.0 Å². The molecule has 4 rings (SSSR count). The highest BCUT2D eigenvalue weighted by Gasteiger charge is 2.29. The van der Waals surface area contributed by atoms with Crippen LogP contribution in [0.1, 0.15) is 38.7 Å². The number of likely N-dealkylation sites (N-methyl/N-ethyl adjacent to an activating group) is 1. The summed E-state index contributed by atoms with van der Waals surface area (Å²) in [5.41, 5.74) is 1.23. The number of H-pyrrole nitrogens is 1. The summed E-state index contributed by atoms with van der Waals surface area (Å²) in [5, 5.41) is 4.69. The third-order valence-electron chi connectivity index (χ3n) is 6.06. The van der Waals surface area contributed by atoms with E-state index >= 15 is 0 Å². The summed E-state index contributed by atoms with van der Waals surface area (Å²) in [7, 11) is -1.73. The SMILES string of the molecule is CCCc1nc(CC)c2c(=O)[nH]c(-c3cc(S(=O)(=O)N4CCN(C)CC4)ccc3OCC)nn12.Cl. The number of benzene rings is 1. The molecule has 35 heavy (non-hydrogen) atoms. The molecule has 3 heterocycles. The molecule has 0 spiro atoms. The third kappa shape index (κ3) is 5.23. The van der Waals surface area contributed by atoms with E-state index in [2.05, 4.69) is 20.0 Å². The molecule has 1 saturated heterocycles. The molecule has 0 aliphatic carbocycles. The standard InChI is InChI=1S/C23H32N6O4S.ClH/c1-5-8-20-24-18(6-2)21-23(30)25-22(26-29(20)21)17-15-16(9-10-19(17)33-7-3)34(31,32)28-13-11-27(4)12-14-28;/h9-10,15H,5-8,11-14H2,1-4H3,(H,25,26,30);1H. The van der Waals surface area contributed by atoms with Crippen LogP contribution in [0.3, 0.4) is 0 Å². The zero-order valence-electron chi connectivity index (χ0n) is 20.6. The molecule has 1 N–H and O–H groups in total. The van der Waals surface area contributed by atoms with Gasteiger partial charge in [-0.15, -0.1) is 17.5 Å². The number of aryl methyl sites for hydroxylation is 2. The lowest BCUT2D eigenvalue weighted by Gasteiger charge is -2.31. The average molecular weight is 525 g/mol. The van der Waals surface area contributed by atoms with Crippen molar-refractivity contribution < 1.29 is 13.2 Å². The smallest absolute Gasteiger partial charge is 0.277 e. The number of nitrogens with zero attached hydrogens (tertiary/aromatic N) is 5. The van der Waals surface area contributed by atoms with E-state index in [9.17, 15) is 13.2 Å². The van der Waals surface area contributed by atoms with Crippen molar-refractivity contribution in [3.63, 3.8) is 0 Å². The van der Waals surface area contributed by atoms with Crippen molar-refractivity contribution in [3.05, 3.63) is 40.1 Å². The second-order valence-electron chi connectivity index (χ2n) is 8.44. The van der Waals surface area contributed by atoms with Gasteiger partial charge in [0.2, 0.25) is 10.0 Å². The maximum atomic E-state index is 13.4. The van der Waals surface area contributed by atoms with Crippen LogP contribution in [0, 0.1) is 0 Å². The molecule has 1 aliphatic heterocycles. The Balaban J connectivity index is 0.00000342. The second-order valence-corrected chi connectivity index (χ2v) is 10.4. The molecular formula is C23H33ClN6O4S. The zero-order valence-corrected chi connectivity index (χ0v) is 22.2. The fourth-order valence-electron chi connectivity index (χ4n) is 4.20. The van der Waals surface area contributed by atoms with Gasteiger partial charge >= 0.3 is 0 Å². The van der Waals surface area contributed by atoms with Crippen molar-refractivity contribution in [2.45, 2.75) is 44.9 Å². The number of rotatable bonds is 8. The largest absolute Gasteiger partial charge is 0.493 e. The van der Waals surface area contributed by atoms with Crippen molar-refractivity contribution in [1.29, 1.82) is 0 Å². The molecule has 12 heteroatoms. The summed E-state index contributed by atoms with van der Waals surface area (Å²) in [6, 6.07) is 4.72. The van der Waals surface area contributed by atoms with Gasteiger partial charge in [-0.25, -0.2) is 17.9 Å². The van der Waals surface area contributed by atoms with Crippen LogP contribution in [-0.4, -0.2) is 77.0 Å². The number of aromatic nitrogens is 4. The lowest BCUT2D eigenvalue weighted by molar-refractivity contribution is 0.222. The minimum Gasteiger partial charge on any atom is -0.493 e. The number of piperazine rings is 1. The summed E-state index contributed by atoms with van der Waals surface area (Å²) in [6.07, 6.45) is 2.14. The summed E-state index contributed by atoms with van der Waals surface area (Å²) in [6.45, 7) is 8.43. The normalized spacial score (nSPS) is 15.3. The first-order chi connectivity index (χ1) is 16.3. The van der Waals surface area contributed by atoms with Crippen LogP contribution in [0.15, 0.2) is 27.9 Å². The van der Waals surface area contributed by atoms with E-state index in [0.29, 0.717) is 74.0 Å². The summed E-state index contributed by atoms with van der Waals surface area (Å²) >= 11 is 0. The van der Waals surface area contributed by atoms with Crippen LogP contribution in [0.2, 0.25) is 0 Å². The quantitative estimate of drug-likeness (QED) is 0.481. The Labute approximate surface area is 211 Å². The lowest BCUT2D eigenvalue weighted by Crippen LogP contribution is -2.47. The molecule has 1 aromatic carbocycles. The van der Waals surface area contributed by atoms with Crippen molar-refractivity contribution >= 4 is 27.9 Å². The number of imidazole rings is 1. The van der Waals surface area contributed by atoms with E-state index in [1.54, 1.807) is 22.7 Å². The molecule has 0 amide bonds. The van der Waals surface area contributed by atoms with E-state index in [-0.39, 0.29) is 28.7 Å². The molecular weight excluding hydrogens is 492 g/mol. The van der Waals surface area contributed by atoms with Gasteiger partial charge in [-0.1, -0.05) is 13.8 Å². The number of ether oxygens (including phenoxy) is 1. The third-order valence-corrected chi connectivity index (χ3v) is 7.95. The van der Waals surface area contributed by atoms with E-state index in [1.807, 2.05) is 27.8 Å². The van der Waals surface area contributed by atoms with Crippen molar-refractivity contribution in [1.82, 2.24) is 28.8 Å². The summed E-state index contributed by atoms with van der Waals surface area (Å²) in [4.78, 5) is 22.8. The number of aromatic amines is 1.